The van der Waals surface area contributed by atoms with Crippen molar-refractivity contribution in [3.8, 4) is 0 Å². The zero-order valence-corrected chi connectivity index (χ0v) is 8.96. The molecule has 1 aromatic rings. The van der Waals surface area contributed by atoms with Crippen LogP contribution < -0.4 is 5.73 Å². The highest BCUT2D eigenvalue weighted by atomic mass is 32.2. The second-order valence-corrected chi connectivity index (χ2v) is 4.71. The van der Waals surface area contributed by atoms with Crippen LogP contribution in [-0.4, -0.2) is 27.7 Å². The van der Waals surface area contributed by atoms with Crippen LogP contribution in [0.1, 0.15) is 5.56 Å². The van der Waals surface area contributed by atoms with Gasteiger partial charge in [-0.3, -0.25) is 4.21 Å². The standard InChI is InChI=1S/C10H15NO2S/c1-8-3-2-4-10(5-8)14(13)7-9(12)6-11/h2-5,9,12H,6-7,11H2,1H3. The van der Waals surface area contributed by atoms with Crippen molar-refractivity contribution in [2.24, 2.45) is 5.73 Å². The molecule has 2 unspecified atom stereocenters. The summed E-state index contributed by atoms with van der Waals surface area (Å²) in [6.45, 7) is 2.09. The average molecular weight is 213 g/mol. The fourth-order valence-corrected chi connectivity index (χ4v) is 2.32. The summed E-state index contributed by atoms with van der Waals surface area (Å²) >= 11 is 0. The van der Waals surface area contributed by atoms with E-state index in [9.17, 15) is 9.32 Å². The summed E-state index contributed by atoms with van der Waals surface area (Å²) in [5.74, 6) is 0.208. The van der Waals surface area contributed by atoms with E-state index in [1.807, 2.05) is 25.1 Å². The number of benzene rings is 1. The van der Waals surface area contributed by atoms with Crippen molar-refractivity contribution in [3.05, 3.63) is 29.8 Å². The van der Waals surface area contributed by atoms with E-state index < -0.39 is 16.9 Å². The number of hydrogen-bond acceptors (Lipinski definition) is 3. The van der Waals surface area contributed by atoms with E-state index in [1.54, 1.807) is 6.07 Å². The fourth-order valence-electron chi connectivity index (χ4n) is 1.10. The molecule has 3 N–H and O–H groups in total. The molecule has 0 aromatic heterocycles. The minimum atomic E-state index is -1.15. The van der Waals surface area contributed by atoms with E-state index in [4.69, 9.17) is 5.73 Å². The van der Waals surface area contributed by atoms with Crippen LogP contribution >= 0.6 is 0 Å². The van der Waals surface area contributed by atoms with Crippen molar-refractivity contribution in [1.82, 2.24) is 0 Å². The first-order chi connectivity index (χ1) is 6.63. The van der Waals surface area contributed by atoms with Crippen molar-refractivity contribution in [2.75, 3.05) is 12.3 Å². The Hall–Kier alpha value is -0.710. The Morgan fingerprint density at radius 3 is 2.86 bits per heavy atom. The van der Waals surface area contributed by atoms with Gasteiger partial charge in [-0.2, -0.15) is 0 Å². The molecule has 0 amide bonds. The zero-order valence-electron chi connectivity index (χ0n) is 8.14. The predicted molar refractivity (Wildman–Crippen MR) is 57.5 cm³/mol. The molecule has 0 radical (unpaired) electrons. The van der Waals surface area contributed by atoms with Crippen LogP contribution in [0.15, 0.2) is 29.2 Å². The molecule has 3 nitrogen and oxygen atoms in total. The van der Waals surface area contributed by atoms with Crippen LogP contribution in [0.5, 0.6) is 0 Å². The highest BCUT2D eigenvalue weighted by Gasteiger charge is 2.09. The minimum absolute atomic E-state index is 0.150. The van der Waals surface area contributed by atoms with E-state index >= 15 is 0 Å². The molecule has 0 saturated heterocycles. The summed E-state index contributed by atoms with van der Waals surface area (Å²) < 4.78 is 11.7. The average Bonchev–Trinajstić information content (AvgIpc) is 2.17. The lowest BCUT2D eigenvalue weighted by Crippen LogP contribution is -2.25. The molecular weight excluding hydrogens is 198 g/mol. The van der Waals surface area contributed by atoms with Gasteiger partial charge in [0.25, 0.3) is 0 Å². The smallest absolute Gasteiger partial charge is 0.0781 e. The monoisotopic (exact) mass is 213 g/mol. The summed E-state index contributed by atoms with van der Waals surface area (Å²) in [5, 5.41) is 9.24. The second kappa shape index (κ2) is 5.24. The summed E-state index contributed by atoms with van der Waals surface area (Å²) in [4.78, 5) is 0.748. The number of aliphatic hydroxyl groups is 1. The maximum Gasteiger partial charge on any atom is 0.0781 e. The minimum Gasteiger partial charge on any atom is -0.391 e. The van der Waals surface area contributed by atoms with Gasteiger partial charge in [0.15, 0.2) is 0 Å². The molecule has 0 spiro atoms. The van der Waals surface area contributed by atoms with Gasteiger partial charge >= 0.3 is 0 Å². The third-order valence-electron chi connectivity index (χ3n) is 1.87. The van der Waals surface area contributed by atoms with E-state index in [1.165, 1.54) is 0 Å². The molecule has 14 heavy (non-hydrogen) atoms. The first-order valence-electron chi connectivity index (χ1n) is 4.46. The lowest BCUT2D eigenvalue weighted by molar-refractivity contribution is 0.207. The van der Waals surface area contributed by atoms with Gasteiger partial charge in [-0.15, -0.1) is 0 Å². The molecule has 4 heteroatoms. The number of aryl methyl sites for hydroxylation is 1. The van der Waals surface area contributed by atoms with Gasteiger partial charge in [-0.05, 0) is 24.6 Å². The molecule has 0 heterocycles. The second-order valence-electron chi connectivity index (χ2n) is 3.22. The molecular formula is C10H15NO2S. The van der Waals surface area contributed by atoms with Gasteiger partial charge in [-0.1, -0.05) is 12.1 Å². The van der Waals surface area contributed by atoms with Crippen molar-refractivity contribution < 1.29 is 9.32 Å². The van der Waals surface area contributed by atoms with Gasteiger partial charge in [0, 0.05) is 11.4 Å². The van der Waals surface area contributed by atoms with Gasteiger partial charge in [0.05, 0.1) is 22.7 Å². The normalized spacial score (nSPS) is 15.1. The molecule has 2 atom stereocenters. The summed E-state index contributed by atoms with van der Waals surface area (Å²) in [6.07, 6.45) is -0.684. The van der Waals surface area contributed by atoms with Crippen molar-refractivity contribution in [3.63, 3.8) is 0 Å². The molecule has 0 saturated carbocycles. The summed E-state index contributed by atoms with van der Waals surface area (Å²) in [5.41, 5.74) is 6.31. The van der Waals surface area contributed by atoms with Gasteiger partial charge < -0.3 is 10.8 Å². The SMILES string of the molecule is Cc1cccc(S(=O)CC(O)CN)c1. The van der Waals surface area contributed by atoms with Crippen LogP contribution in [-0.2, 0) is 10.8 Å². The maximum absolute atomic E-state index is 11.7. The van der Waals surface area contributed by atoms with E-state index in [0.29, 0.717) is 0 Å². The van der Waals surface area contributed by atoms with E-state index in [0.717, 1.165) is 10.5 Å². The van der Waals surface area contributed by atoms with Gasteiger partial charge in [-0.25, -0.2) is 0 Å². The predicted octanol–water partition coefficient (Wildman–Crippen LogP) is 0.422. The summed E-state index contributed by atoms with van der Waals surface area (Å²) in [7, 11) is -1.15. The molecule has 0 aliphatic rings. The van der Waals surface area contributed by atoms with Crippen molar-refractivity contribution in [1.29, 1.82) is 0 Å². The lowest BCUT2D eigenvalue weighted by atomic mass is 10.2. The molecule has 1 aromatic carbocycles. The number of aliphatic hydroxyl groups excluding tert-OH is 1. The van der Waals surface area contributed by atoms with Crippen LogP contribution in [0.4, 0.5) is 0 Å². The summed E-state index contributed by atoms with van der Waals surface area (Å²) in [6, 6.07) is 7.46. The lowest BCUT2D eigenvalue weighted by Gasteiger charge is -2.07. The quantitative estimate of drug-likeness (QED) is 0.762. The fraction of sp³-hybridized carbons (Fsp3) is 0.400. The molecule has 0 bridgehead atoms. The van der Waals surface area contributed by atoms with Crippen LogP contribution in [0.2, 0.25) is 0 Å². The van der Waals surface area contributed by atoms with Crippen LogP contribution in [0.3, 0.4) is 0 Å². The van der Waals surface area contributed by atoms with Gasteiger partial charge in [0.1, 0.15) is 0 Å². The Kier molecular flexibility index (Phi) is 4.25. The number of rotatable bonds is 4. The molecule has 0 fully saturated rings. The van der Waals surface area contributed by atoms with E-state index in [2.05, 4.69) is 0 Å². The molecule has 0 aliphatic carbocycles. The highest BCUT2D eigenvalue weighted by Crippen LogP contribution is 2.09. The topological polar surface area (TPSA) is 63.3 Å². The zero-order chi connectivity index (χ0) is 10.6. The third kappa shape index (κ3) is 3.21. The third-order valence-corrected chi connectivity index (χ3v) is 3.34. The first kappa shape index (κ1) is 11.4. The number of hydrogen-bond donors (Lipinski definition) is 2. The van der Waals surface area contributed by atoms with Crippen LogP contribution in [0.25, 0.3) is 0 Å². The highest BCUT2D eigenvalue weighted by molar-refractivity contribution is 7.85. The van der Waals surface area contributed by atoms with Crippen molar-refractivity contribution >= 4 is 10.8 Å². The van der Waals surface area contributed by atoms with Gasteiger partial charge in [0.2, 0.25) is 0 Å². The first-order valence-corrected chi connectivity index (χ1v) is 5.78. The van der Waals surface area contributed by atoms with E-state index in [-0.39, 0.29) is 12.3 Å². The van der Waals surface area contributed by atoms with Crippen LogP contribution in [0, 0.1) is 6.92 Å². The largest absolute Gasteiger partial charge is 0.391 e. The molecule has 0 aliphatic heterocycles. The number of nitrogens with two attached hydrogens (primary N) is 1. The van der Waals surface area contributed by atoms with Crippen molar-refractivity contribution in [2.45, 2.75) is 17.9 Å². The molecule has 1 rings (SSSR count). The maximum atomic E-state index is 11.7. The Morgan fingerprint density at radius 2 is 2.29 bits per heavy atom. The Labute approximate surface area is 86.4 Å². The Balaban J connectivity index is 2.70. The Bertz CT molecular complexity index is 328. The Morgan fingerprint density at radius 1 is 1.57 bits per heavy atom. The molecule has 78 valence electrons.